The zero-order valence-electron chi connectivity index (χ0n) is 12.9. The number of aromatic nitrogens is 2. The molecule has 2 atom stereocenters. The van der Waals surface area contributed by atoms with Gasteiger partial charge in [-0.1, -0.05) is 24.4 Å². The lowest BCUT2D eigenvalue weighted by molar-refractivity contribution is 0.201. The summed E-state index contributed by atoms with van der Waals surface area (Å²) < 4.78 is 1.87. The normalized spacial score (nSPS) is 26.8. The first-order valence-corrected chi connectivity index (χ1v) is 7.88. The molecule has 1 aliphatic heterocycles. The van der Waals surface area contributed by atoms with Crippen molar-refractivity contribution in [3.05, 3.63) is 11.3 Å². The molecule has 3 N–H and O–H groups in total. The first-order valence-electron chi connectivity index (χ1n) is 7.88. The minimum Gasteiger partial charge on any atom is -0.409 e. The molecule has 21 heavy (non-hydrogen) atoms. The number of nitrogens with zero attached hydrogens (tertiary/aromatic N) is 4. The van der Waals surface area contributed by atoms with Gasteiger partial charge in [0.15, 0.2) is 5.84 Å². The molecular formula is C15H25N5O. The van der Waals surface area contributed by atoms with Crippen molar-refractivity contribution >= 4 is 11.7 Å². The Bertz CT molecular complexity index is 551. The highest BCUT2D eigenvalue weighted by atomic mass is 16.4. The van der Waals surface area contributed by atoms with Gasteiger partial charge in [-0.05, 0) is 31.6 Å². The zero-order valence-corrected chi connectivity index (χ0v) is 12.9. The van der Waals surface area contributed by atoms with Crippen LogP contribution in [0.4, 0.5) is 5.82 Å². The maximum atomic E-state index is 9.04. The van der Waals surface area contributed by atoms with E-state index < -0.39 is 0 Å². The Morgan fingerprint density at radius 3 is 2.71 bits per heavy atom. The van der Waals surface area contributed by atoms with Crippen LogP contribution in [0.3, 0.4) is 0 Å². The van der Waals surface area contributed by atoms with Crippen molar-refractivity contribution in [2.24, 2.45) is 29.8 Å². The van der Waals surface area contributed by atoms with Crippen molar-refractivity contribution in [1.29, 1.82) is 0 Å². The fourth-order valence-corrected chi connectivity index (χ4v) is 4.15. The second-order valence-electron chi connectivity index (χ2n) is 6.43. The molecule has 0 bridgehead atoms. The monoisotopic (exact) mass is 291 g/mol. The Kier molecular flexibility index (Phi) is 3.78. The molecule has 6 heteroatoms. The van der Waals surface area contributed by atoms with Crippen molar-refractivity contribution in [2.75, 3.05) is 18.0 Å². The van der Waals surface area contributed by atoms with Crippen LogP contribution in [-0.2, 0) is 7.05 Å². The van der Waals surface area contributed by atoms with Crippen LogP contribution in [-0.4, -0.2) is 33.9 Å². The molecule has 1 saturated heterocycles. The first-order chi connectivity index (χ1) is 10.1. The van der Waals surface area contributed by atoms with Crippen molar-refractivity contribution in [3.8, 4) is 0 Å². The molecule has 2 aliphatic rings. The van der Waals surface area contributed by atoms with Gasteiger partial charge in [-0.3, -0.25) is 4.68 Å². The van der Waals surface area contributed by atoms with E-state index in [1.165, 1.54) is 32.1 Å². The number of nitrogens with two attached hydrogens (primary N) is 1. The molecule has 116 valence electrons. The fourth-order valence-electron chi connectivity index (χ4n) is 4.15. The zero-order chi connectivity index (χ0) is 15.0. The summed E-state index contributed by atoms with van der Waals surface area (Å²) in [7, 11) is 1.93. The second kappa shape index (κ2) is 5.58. The summed E-state index contributed by atoms with van der Waals surface area (Å²) >= 11 is 0. The van der Waals surface area contributed by atoms with Crippen molar-refractivity contribution < 1.29 is 5.21 Å². The van der Waals surface area contributed by atoms with Gasteiger partial charge in [0.05, 0.1) is 11.3 Å². The van der Waals surface area contributed by atoms with E-state index in [1.807, 2.05) is 18.7 Å². The van der Waals surface area contributed by atoms with E-state index in [2.05, 4.69) is 15.2 Å². The van der Waals surface area contributed by atoms with Crippen LogP contribution in [0.2, 0.25) is 0 Å². The number of hydrogen-bond acceptors (Lipinski definition) is 4. The van der Waals surface area contributed by atoms with Crippen LogP contribution < -0.4 is 10.6 Å². The predicted octanol–water partition coefficient (Wildman–Crippen LogP) is 1.84. The molecule has 1 saturated carbocycles. The van der Waals surface area contributed by atoms with E-state index in [0.717, 1.165) is 42.0 Å². The Balaban J connectivity index is 1.90. The highest BCUT2D eigenvalue weighted by Crippen LogP contribution is 2.38. The maximum Gasteiger partial charge on any atom is 0.175 e. The van der Waals surface area contributed by atoms with Gasteiger partial charge in [-0.15, -0.1) is 0 Å². The molecule has 3 rings (SSSR count). The Morgan fingerprint density at radius 1 is 1.29 bits per heavy atom. The van der Waals surface area contributed by atoms with Crippen LogP contribution in [0.25, 0.3) is 0 Å². The Hall–Kier alpha value is -1.72. The summed E-state index contributed by atoms with van der Waals surface area (Å²) in [5, 5.41) is 16.7. The molecule has 0 amide bonds. The summed E-state index contributed by atoms with van der Waals surface area (Å²) in [4.78, 5) is 2.37. The van der Waals surface area contributed by atoms with Gasteiger partial charge >= 0.3 is 0 Å². The van der Waals surface area contributed by atoms with Gasteiger partial charge in [-0.25, -0.2) is 0 Å². The van der Waals surface area contributed by atoms with E-state index in [9.17, 15) is 0 Å². The van der Waals surface area contributed by atoms with E-state index in [-0.39, 0.29) is 5.84 Å². The molecule has 0 aromatic carbocycles. The average molecular weight is 291 g/mol. The number of rotatable bonds is 2. The number of amidine groups is 1. The fraction of sp³-hybridized carbons (Fsp3) is 0.733. The van der Waals surface area contributed by atoms with Crippen molar-refractivity contribution in [1.82, 2.24) is 9.78 Å². The topological polar surface area (TPSA) is 79.7 Å². The largest absolute Gasteiger partial charge is 0.409 e. The molecule has 0 spiro atoms. The van der Waals surface area contributed by atoms with Gasteiger partial charge in [0.2, 0.25) is 0 Å². The average Bonchev–Trinajstić information content (AvgIpc) is 2.80. The number of aryl methyl sites for hydroxylation is 2. The smallest absolute Gasteiger partial charge is 0.175 e. The third-order valence-corrected chi connectivity index (χ3v) is 5.15. The van der Waals surface area contributed by atoms with Crippen LogP contribution in [0, 0.1) is 18.8 Å². The summed E-state index contributed by atoms with van der Waals surface area (Å²) in [6, 6.07) is 0. The quantitative estimate of drug-likeness (QED) is 0.377. The lowest BCUT2D eigenvalue weighted by Crippen LogP contribution is -2.43. The predicted molar refractivity (Wildman–Crippen MR) is 82.7 cm³/mol. The molecule has 2 heterocycles. The maximum absolute atomic E-state index is 9.04. The van der Waals surface area contributed by atoms with Gasteiger partial charge in [0.25, 0.3) is 0 Å². The number of piperidine rings is 1. The van der Waals surface area contributed by atoms with E-state index >= 15 is 0 Å². The molecule has 2 fully saturated rings. The molecule has 0 radical (unpaired) electrons. The second-order valence-corrected chi connectivity index (χ2v) is 6.43. The highest BCUT2D eigenvalue weighted by Gasteiger charge is 2.33. The number of fused-ring (bicyclic) bond motifs is 1. The third-order valence-electron chi connectivity index (χ3n) is 5.15. The summed E-state index contributed by atoms with van der Waals surface area (Å²) in [6.07, 6.45) is 6.70. The van der Waals surface area contributed by atoms with Crippen LogP contribution in [0.5, 0.6) is 0 Å². The Morgan fingerprint density at radius 2 is 2.00 bits per heavy atom. The SMILES string of the molecule is Cc1nn(C)c(N2CCC3CCCCC3C2)c1C(N)=NO. The minimum atomic E-state index is 0.154. The standard InChI is InChI=1S/C15H25N5O/c1-10-13(14(16)18-21)15(19(2)17-10)20-8-7-11-5-3-4-6-12(11)9-20/h11-12,21H,3-9H2,1-2H3,(H2,16,18). The van der Waals surface area contributed by atoms with E-state index in [0.29, 0.717) is 0 Å². The summed E-state index contributed by atoms with van der Waals surface area (Å²) in [5.74, 6) is 2.81. The third kappa shape index (κ3) is 2.47. The van der Waals surface area contributed by atoms with Crippen LogP contribution in [0.15, 0.2) is 5.16 Å². The summed E-state index contributed by atoms with van der Waals surface area (Å²) in [5.41, 5.74) is 7.45. The lowest BCUT2D eigenvalue weighted by Gasteiger charge is -2.42. The van der Waals surface area contributed by atoms with E-state index in [4.69, 9.17) is 10.9 Å². The first kappa shape index (κ1) is 14.2. The van der Waals surface area contributed by atoms with Crippen LogP contribution in [0.1, 0.15) is 43.4 Å². The van der Waals surface area contributed by atoms with Crippen molar-refractivity contribution in [2.45, 2.75) is 39.0 Å². The molecule has 1 aromatic heterocycles. The number of oxime groups is 1. The minimum absolute atomic E-state index is 0.154. The molecule has 2 unspecified atom stereocenters. The van der Waals surface area contributed by atoms with Gasteiger partial charge < -0.3 is 15.8 Å². The van der Waals surface area contributed by atoms with Gasteiger partial charge in [0.1, 0.15) is 5.82 Å². The molecule has 1 aromatic rings. The van der Waals surface area contributed by atoms with Gasteiger partial charge in [0, 0.05) is 20.1 Å². The molecular weight excluding hydrogens is 266 g/mol. The highest BCUT2D eigenvalue weighted by molar-refractivity contribution is 6.02. The molecule has 6 nitrogen and oxygen atoms in total. The van der Waals surface area contributed by atoms with Gasteiger partial charge in [-0.2, -0.15) is 5.10 Å². The van der Waals surface area contributed by atoms with E-state index in [1.54, 1.807) is 0 Å². The Labute approximate surface area is 125 Å². The summed E-state index contributed by atoms with van der Waals surface area (Å²) in [6.45, 7) is 4.01. The molecule has 1 aliphatic carbocycles. The number of hydrogen-bond donors (Lipinski definition) is 2. The van der Waals surface area contributed by atoms with Crippen LogP contribution >= 0.6 is 0 Å². The number of anilines is 1. The lowest BCUT2D eigenvalue weighted by atomic mass is 9.75. The van der Waals surface area contributed by atoms with Crippen molar-refractivity contribution in [3.63, 3.8) is 0 Å².